The summed E-state index contributed by atoms with van der Waals surface area (Å²) in [6.07, 6.45) is 0. The zero-order valence-corrected chi connectivity index (χ0v) is 14.5. The summed E-state index contributed by atoms with van der Waals surface area (Å²) in [6, 6.07) is 28.1. The molecular weight excluding hydrogens is 302 g/mol. The van der Waals surface area contributed by atoms with Crippen LogP contribution < -0.4 is 0 Å². The lowest BCUT2D eigenvalue weighted by atomic mass is 9.82. The zero-order chi connectivity index (χ0) is 17.0. The van der Waals surface area contributed by atoms with Gasteiger partial charge in [-0.15, -0.1) is 0 Å². The van der Waals surface area contributed by atoms with Crippen molar-refractivity contribution in [2.75, 3.05) is 0 Å². The van der Waals surface area contributed by atoms with Crippen molar-refractivity contribution in [1.82, 2.24) is 4.98 Å². The minimum Gasteiger partial charge on any atom is -0.248 e. The van der Waals surface area contributed by atoms with Gasteiger partial charge in [-0.1, -0.05) is 74.5 Å². The van der Waals surface area contributed by atoms with E-state index in [0.717, 1.165) is 11.2 Å². The Morgan fingerprint density at radius 2 is 1.44 bits per heavy atom. The van der Waals surface area contributed by atoms with Crippen LogP contribution in [0, 0.1) is 0 Å². The summed E-state index contributed by atoms with van der Waals surface area (Å²) in [4.78, 5) is 4.87. The number of aromatic nitrogens is 1. The molecule has 0 atom stereocenters. The van der Waals surface area contributed by atoms with Crippen molar-refractivity contribution in [3.63, 3.8) is 0 Å². The molecule has 1 aliphatic rings. The Hall–Kier alpha value is -2.93. The molecule has 1 heterocycles. The van der Waals surface area contributed by atoms with Crippen molar-refractivity contribution in [3.8, 4) is 22.4 Å². The summed E-state index contributed by atoms with van der Waals surface area (Å²) in [7, 11) is 0. The largest absolute Gasteiger partial charge is 0.248 e. The van der Waals surface area contributed by atoms with Crippen molar-refractivity contribution in [2.45, 2.75) is 19.3 Å². The quantitative estimate of drug-likeness (QED) is 0.406. The lowest BCUT2D eigenvalue weighted by Gasteiger charge is -2.21. The van der Waals surface area contributed by atoms with E-state index in [1.54, 1.807) is 0 Å². The first-order valence-corrected chi connectivity index (χ1v) is 8.75. The van der Waals surface area contributed by atoms with Crippen LogP contribution in [-0.2, 0) is 5.41 Å². The Morgan fingerprint density at radius 3 is 2.36 bits per heavy atom. The predicted molar refractivity (Wildman–Crippen MR) is 105 cm³/mol. The number of hydrogen-bond acceptors (Lipinski definition) is 1. The van der Waals surface area contributed by atoms with Gasteiger partial charge in [-0.3, -0.25) is 0 Å². The summed E-state index contributed by atoms with van der Waals surface area (Å²) in [5.41, 5.74) is 8.81. The van der Waals surface area contributed by atoms with Gasteiger partial charge in [-0.25, -0.2) is 4.98 Å². The number of fused-ring (bicyclic) bond motifs is 4. The minimum absolute atomic E-state index is 0.0266. The smallest absolute Gasteiger partial charge is 0.0709 e. The van der Waals surface area contributed by atoms with Crippen molar-refractivity contribution in [1.29, 1.82) is 0 Å². The maximum Gasteiger partial charge on any atom is 0.0709 e. The molecule has 1 aliphatic carbocycles. The maximum atomic E-state index is 4.87. The van der Waals surface area contributed by atoms with Crippen LogP contribution in [0.15, 0.2) is 78.9 Å². The molecule has 1 heteroatoms. The van der Waals surface area contributed by atoms with E-state index < -0.39 is 0 Å². The van der Waals surface area contributed by atoms with Crippen molar-refractivity contribution >= 4 is 10.9 Å². The van der Waals surface area contributed by atoms with Crippen LogP contribution in [0.25, 0.3) is 33.3 Å². The summed E-state index contributed by atoms with van der Waals surface area (Å²) in [5.74, 6) is 0. The van der Waals surface area contributed by atoms with Gasteiger partial charge in [0, 0.05) is 16.4 Å². The number of rotatable bonds is 1. The Bertz CT molecular complexity index is 1120. The molecule has 0 fully saturated rings. The molecule has 0 saturated carbocycles. The second kappa shape index (κ2) is 5.03. The Labute approximate surface area is 148 Å². The third kappa shape index (κ3) is 2.05. The van der Waals surface area contributed by atoms with E-state index in [1.165, 1.54) is 33.2 Å². The molecule has 0 saturated heterocycles. The lowest BCUT2D eigenvalue weighted by Crippen LogP contribution is -2.14. The van der Waals surface area contributed by atoms with E-state index >= 15 is 0 Å². The molecule has 1 nitrogen and oxygen atoms in total. The highest BCUT2D eigenvalue weighted by Gasteiger charge is 2.35. The molecule has 0 spiro atoms. The summed E-state index contributed by atoms with van der Waals surface area (Å²) in [5, 5.41) is 1.18. The molecule has 0 amide bonds. The van der Waals surface area contributed by atoms with Gasteiger partial charge < -0.3 is 0 Å². The molecule has 3 aromatic carbocycles. The molecule has 25 heavy (non-hydrogen) atoms. The van der Waals surface area contributed by atoms with Crippen molar-refractivity contribution < 1.29 is 0 Å². The van der Waals surface area contributed by atoms with Gasteiger partial charge in [0.25, 0.3) is 0 Å². The van der Waals surface area contributed by atoms with Crippen LogP contribution in [0.5, 0.6) is 0 Å². The van der Waals surface area contributed by atoms with Gasteiger partial charge in [-0.05, 0) is 40.5 Å². The molecule has 0 unspecified atom stereocenters. The molecule has 5 rings (SSSR count). The molecule has 0 radical (unpaired) electrons. The third-order valence-corrected chi connectivity index (χ3v) is 5.48. The fraction of sp³-hybridized carbons (Fsp3) is 0.125. The number of nitrogens with zero attached hydrogens (tertiary/aromatic N) is 1. The van der Waals surface area contributed by atoms with Gasteiger partial charge in [0.2, 0.25) is 0 Å². The van der Waals surface area contributed by atoms with Crippen LogP contribution in [-0.4, -0.2) is 4.98 Å². The molecular formula is C24H19N. The lowest BCUT2D eigenvalue weighted by molar-refractivity contribution is 0.660. The number of hydrogen-bond donors (Lipinski definition) is 0. The first-order chi connectivity index (χ1) is 12.1. The van der Waals surface area contributed by atoms with E-state index in [9.17, 15) is 0 Å². The third-order valence-electron chi connectivity index (χ3n) is 5.48. The molecule has 0 bridgehead atoms. The Morgan fingerprint density at radius 1 is 0.680 bits per heavy atom. The molecule has 0 N–H and O–H groups in total. The first-order valence-electron chi connectivity index (χ1n) is 8.75. The monoisotopic (exact) mass is 321 g/mol. The van der Waals surface area contributed by atoms with Crippen LogP contribution in [0.3, 0.4) is 0 Å². The standard InChI is InChI=1S/C24H19N/c1-24(2)20-9-5-4-8-18(20)19-13-11-17(15-21(19)24)23-14-12-16-7-3-6-10-22(16)25-23/h3-15H,1-2H3. The van der Waals surface area contributed by atoms with Crippen LogP contribution in [0.2, 0.25) is 0 Å². The maximum absolute atomic E-state index is 4.87. The van der Waals surface area contributed by atoms with Crippen molar-refractivity contribution in [2.24, 2.45) is 0 Å². The van der Waals surface area contributed by atoms with E-state index in [1.807, 2.05) is 6.07 Å². The topological polar surface area (TPSA) is 12.9 Å². The van der Waals surface area contributed by atoms with Gasteiger partial charge in [0.05, 0.1) is 11.2 Å². The molecule has 0 aliphatic heterocycles. The van der Waals surface area contributed by atoms with Gasteiger partial charge in [0.15, 0.2) is 0 Å². The van der Waals surface area contributed by atoms with Gasteiger partial charge in [-0.2, -0.15) is 0 Å². The zero-order valence-electron chi connectivity index (χ0n) is 14.5. The second-order valence-electron chi connectivity index (χ2n) is 7.32. The number of benzene rings is 3. The number of pyridine rings is 1. The fourth-order valence-corrected chi connectivity index (χ4v) is 4.09. The molecule has 1 aromatic heterocycles. The van der Waals surface area contributed by atoms with Crippen LogP contribution in [0.4, 0.5) is 0 Å². The van der Waals surface area contributed by atoms with Crippen molar-refractivity contribution in [3.05, 3.63) is 90.0 Å². The summed E-state index contributed by atoms with van der Waals surface area (Å²) < 4.78 is 0. The molecule has 4 aromatic rings. The van der Waals surface area contributed by atoms with E-state index in [4.69, 9.17) is 4.98 Å². The average molecular weight is 321 g/mol. The first kappa shape index (κ1) is 14.4. The summed E-state index contributed by atoms with van der Waals surface area (Å²) >= 11 is 0. The van der Waals surface area contributed by atoms with Crippen LogP contribution in [0.1, 0.15) is 25.0 Å². The van der Waals surface area contributed by atoms with Gasteiger partial charge in [0.1, 0.15) is 0 Å². The van der Waals surface area contributed by atoms with Crippen LogP contribution >= 0.6 is 0 Å². The summed E-state index contributed by atoms with van der Waals surface area (Å²) in [6.45, 7) is 4.63. The van der Waals surface area contributed by atoms with Gasteiger partial charge >= 0.3 is 0 Å². The average Bonchev–Trinajstić information content (AvgIpc) is 2.89. The highest BCUT2D eigenvalue weighted by atomic mass is 14.7. The normalized spacial score (nSPS) is 14.3. The highest BCUT2D eigenvalue weighted by molar-refractivity contribution is 5.85. The highest BCUT2D eigenvalue weighted by Crippen LogP contribution is 2.49. The van der Waals surface area contributed by atoms with E-state index in [2.05, 4.69) is 86.6 Å². The number of para-hydroxylation sites is 1. The Balaban J connectivity index is 1.69. The predicted octanol–water partition coefficient (Wildman–Crippen LogP) is 6.21. The minimum atomic E-state index is 0.0266. The fourth-order valence-electron chi connectivity index (χ4n) is 4.09. The second-order valence-corrected chi connectivity index (χ2v) is 7.32. The molecule has 120 valence electrons. The Kier molecular flexibility index (Phi) is 2.90. The SMILES string of the molecule is CC1(C)c2ccccc2-c2ccc(-c3ccc4ccccc4n3)cc21. The van der Waals surface area contributed by atoms with E-state index in [-0.39, 0.29) is 5.41 Å². The van der Waals surface area contributed by atoms with E-state index in [0.29, 0.717) is 0 Å².